The number of carbonyl (C=O) groups is 2. The van der Waals surface area contributed by atoms with E-state index in [0.29, 0.717) is 18.5 Å². The number of piperidine rings is 1. The quantitative estimate of drug-likeness (QED) is 0.869. The maximum absolute atomic E-state index is 12.2. The van der Waals surface area contributed by atoms with Gasteiger partial charge in [0.2, 0.25) is 0 Å². The largest absolute Gasteiger partial charge is 0.481 e. The minimum atomic E-state index is -0.826. The van der Waals surface area contributed by atoms with E-state index in [2.05, 4.69) is 0 Å². The van der Waals surface area contributed by atoms with Crippen LogP contribution in [-0.4, -0.2) is 35.0 Å². The van der Waals surface area contributed by atoms with Gasteiger partial charge in [0, 0.05) is 18.7 Å². The zero-order chi connectivity index (χ0) is 13.2. The van der Waals surface area contributed by atoms with E-state index in [-0.39, 0.29) is 12.5 Å². The molecule has 0 spiro atoms. The van der Waals surface area contributed by atoms with Crippen LogP contribution in [0.1, 0.15) is 30.1 Å². The van der Waals surface area contributed by atoms with Gasteiger partial charge >= 0.3 is 5.97 Å². The molecule has 0 radical (unpaired) electrons. The van der Waals surface area contributed by atoms with Crippen molar-refractivity contribution in [1.82, 2.24) is 4.90 Å². The first kappa shape index (κ1) is 12.6. The van der Waals surface area contributed by atoms with Gasteiger partial charge in [0.05, 0.1) is 5.41 Å². The number of aliphatic carboxylic acids is 1. The molecule has 1 amide bonds. The van der Waals surface area contributed by atoms with Gasteiger partial charge in [0.25, 0.3) is 5.91 Å². The Balaban J connectivity index is 2.15. The van der Waals surface area contributed by atoms with E-state index < -0.39 is 11.4 Å². The molecule has 0 aromatic heterocycles. The van der Waals surface area contributed by atoms with Crippen molar-refractivity contribution in [2.75, 3.05) is 13.1 Å². The molecule has 1 aromatic rings. The first-order chi connectivity index (χ1) is 8.53. The SMILES string of the molecule is CC1(C(=O)O)CCCN(C(=O)c2ccccc2)C1. The fourth-order valence-electron chi connectivity index (χ4n) is 2.35. The molecule has 1 unspecified atom stereocenters. The monoisotopic (exact) mass is 247 g/mol. The summed E-state index contributed by atoms with van der Waals surface area (Å²) in [6, 6.07) is 9.00. The van der Waals surface area contributed by atoms with Crippen LogP contribution in [0.4, 0.5) is 0 Å². The molecule has 2 rings (SSSR count). The summed E-state index contributed by atoms with van der Waals surface area (Å²) in [6.07, 6.45) is 1.36. The average Bonchev–Trinajstić information content (AvgIpc) is 2.39. The number of likely N-dealkylation sites (tertiary alicyclic amines) is 1. The van der Waals surface area contributed by atoms with Crippen molar-refractivity contribution in [3.05, 3.63) is 35.9 Å². The summed E-state index contributed by atoms with van der Waals surface area (Å²) >= 11 is 0. The van der Waals surface area contributed by atoms with Crippen LogP contribution in [-0.2, 0) is 4.79 Å². The molecular formula is C14H17NO3. The lowest BCUT2D eigenvalue weighted by molar-refractivity contribution is -0.150. The van der Waals surface area contributed by atoms with E-state index >= 15 is 0 Å². The molecule has 1 heterocycles. The highest BCUT2D eigenvalue weighted by Crippen LogP contribution is 2.30. The molecule has 0 saturated carbocycles. The normalized spacial score (nSPS) is 23.7. The molecule has 18 heavy (non-hydrogen) atoms. The highest BCUT2D eigenvalue weighted by atomic mass is 16.4. The lowest BCUT2D eigenvalue weighted by Crippen LogP contribution is -2.48. The zero-order valence-electron chi connectivity index (χ0n) is 10.4. The standard InChI is InChI=1S/C14H17NO3/c1-14(13(17)18)8-5-9-15(10-14)12(16)11-6-3-2-4-7-11/h2-4,6-7H,5,8-10H2,1H3,(H,17,18). The van der Waals surface area contributed by atoms with E-state index in [0.717, 1.165) is 6.42 Å². The fraction of sp³-hybridized carbons (Fsp3) is 0.429. The molecular weight excluding hydrogens is 230 g/mol. The number of hydrogen-bond donors (Lipinski definition) is 1. The maximum atomic E-state index is 12.2. The van der Waals surface area contributed by atoms with Crippen molar-refractivity contribution in [2.24, 2.45) is 5.41 Å². The van der Waals surface area contributed by atoms with E-state index in [1.54, 1.807) is 24.0 Å². The Bertz CT molecular complexity index is 457. The number of rotatable bonds is 2. The first-order valence-electron chi connectivity index (χ1n) is 6.11. The molecule has 1 fully saturated rings. The minimum absolute atomic E-state index is 0.0808. The van der Waals surface area contributed by atoms with Crippen LogP contribution >= 0.6 is 0 Å². The Morgan fingerprint density at radius 3 is 2.56 bits per heavy atom. The molecule has 1 atom stereocenters. The molecule has 1 aromatic carbocycles. The predicted octanol–water partition coefficient (Wildman–Crippen LogP) is 2.01. The maximum Gasteiger partial charge on any atom is 0.311 e. The van der Waals surface area contributed by atoms with Crippen LogP contribution in [0, 0.1) is 5.41 Å². The van der Waals surface area contributed by atoms with Crippen molar-refractivity contribution < 1.29 is 14.7 Å². The second kappa shape index (κ2) is 4.80. The molecule has 1 N–H and O–H groups in total. The predicted molar refractivity (Wildman–Crippen MR) is 67.3 cm³/mol. The average molecular weight is 247 g/mol. The lowest BCUT2D eigenvalue weighted by Gasteiger charge is -2.37. The van der Waals surface area contributed by atoms with Crippen LogP contribution in [0.2, 0.25) is 0 Å². The number of carbonyl (C=O) groups excluding carboxylic acids is 1. The van der Waals surface area contributed by atoms with Crippen molar-refractivity contribution in [2.45, 2.75) is 19.8 Å². The van der Waals surface area contributed by atoms with Gasteiger partial charge in [-0.05, 0) is 31.9 Å². The molecule has 0 aliphatic carbocycles. The lowest BCUT2D eigenvalue weighted by atomic mass is 9.82. The van der Waals surface area contributed by atoms with E-state index in [1.165, 1.54) is 0 Å². The smallest absolute Gasteiger partial charge is 0.311 e. The highest BCUT2D eigenvalue weighted by molar-refractivity contribution is 5.94. The summed E-state index contributed by atoms with van der Waals surface area (Å²) in [4.78, 5) is 25.1. The van der Waals surface area contributed by atoms with E-state index in [4.69, 9.17) is 0 Å². The fourth-order valence-corrected chi connectivity index (χ4v) is 2.35. The Morgan fingerprint density at radius 2 is 1.94 bits per heavy atom. The van der Waals surface area contributed by atoms with E-state index in [1.807, 2.05) is 18.2 Å². The first-order valence-corrected chi connectivity index (χ1v) is 6.11. The molecule has 1 saturated heterocycles. The number of carboxylic acid groups (broad SMARTS) is 1. The number of hydrogen-bond acceptors (Lipinski definition) is 2. The molecule has 4 heteroatoms. The van der Waals surface area contributed by atoms with Gasteiger partial charge in [0.15, 0.2) is 0 Å². The number of amides is 1. The van der Waals surface area contributed by atoms with Crippen LogP contribution in [0.5, 0.6) is 0 Å². The van der Waals surface area contributed by atoms with Gasteiger partial charge in [-0.15, -0.1) is 0 Å². The zero-order valence-corrected chi connectivity index (χ0v) is 10.4. The van der Waals surface area contributed by atoms with Gasteiger partial charge in [-0.25, -0.2) is 0 Å². The summed E-state index contributed by atoms with van der Waals surface area (Å²) in [6.45, 7) is 2.63. The number of benzene rings is 1. The third-order valence-electron chi connectivity index (χ3n) is 3.52. The Hall–Kier alpha value is -1.84. The van der Waals surface area contributed by atoms with Crippen molar-refractivity contribution in [3.8, 4) is 0 Å². The van der Waals surface area contributed by atoms with Crippen molar-refractivity contribution in [1.29, 1.82) is 0 Å². The van der Waals surface area contributed by atoms with Gasteiger partial charge in [-0.3, -0.25) is 9.59 Å². The number of nitrogens with zero attached hydrogens (tertiary/aromatic N) is 1. The van der Waals surface area contributed by atoms with Crippen LogP contribution in [0.15, 0.2) is 30.3 Å². The van der Waals surface area contributed by atoms with Crippen molar-refractivity contribution >= 4 is 11.9 Å². The second-order valence-corrected chi connectivity index (χ2v) is 5.06. The molecule has 96 valence electrons. The van der Waals surface area contributed by atoms with E-state index in [9.17, 15) is 14.7 Å². The number of carboxylic acids is 1. The molecule has 0 bridgehead atoms. The molecule has 1 aliphatic rings. The Labute approximate surface area is 106 Å². The molecule has 4 nitrogen and oxygen atoms in total. The Morgan fingerprint density at radius 1 is 1.28 bits per heavy atom. The van der Waals surface area contributed by atoms with Crippen LogP contribution < -0.4 is 0 Å². The van der Waals surface area contributed by atoms with Gasteiger partial charge in [-0.1, -0.05) is 18.2 Å². The second-order valence-electron chi connectivity index (χ2n) is 5.06. The van der Waals surface area contributed by atoms with Crippen LogP contribution in [0.25, 0.3) is 0 Å². The third-order valence-corrected chi connectivity index (χ3v) is 3.52. The van der Waals surface area contributed by atoms with Gasteiger partial charge < -0.3 is 10.0 Å². The minimum Gasteiger partial charge on any atom is -0.481 e. The molecule has 1 aliphatic heterocycles. The third kappa shape index (κ3) is 2.37. The summed E-state index contributed by atoms with van der Waals surface area (Å²) in [7, 11) is 0. The van der Waals surface area contributed by atoms with Gasteiger partial charge in [0.1, 0.15) is 0 Å². The topological polar surface area (TPSA) is 57.6 Å². The summed E-state index contributed by atoms with van der Waals surface area (Å²) in [5.41, 5.74) is -0.199. The summed E-state index contributed by atoms with van der Waals surface area (Å²) in [5, 5.41) is 9.23. The summed E-state index contributed by atoms with van der Waals surface area (Å²) < 4.78 is 0. The highest BCUT2D eigenvalue weighted by Gasteiger charge is 2.39. The van der Waals surface area contributed by atoms with Gasteiger partial charge in [-0.2, -0.15) is 0 Å². The van der Waals surface area contributed by atoms with Crippen LogP contribution in [0.3, 0.4) is 0 Å². The Kier molecular flexibility index (Phi) is 3.36. The summed E-state index contributed by atoms with van der Waals surface area (Å²) in [5.74, 6) is -0.907. The van der Waals surface area contributed by atoms with Crippen molar-refractivity contribution in [3.63, 3.8) is 0 Å².